The molecule has 1 unspecified atom stereocenters. The monoisotopic (exact) mass is 139 g/mol. The van der Waals surface area contributed by atoms with E-state index in [0.29, 0.717) is 6.61 Å². The van der Waals surface area contributed by atoms with Gasteiger partial charge in [0, 0.05) is 4.57 Å². The molecule has 0 spiro atoms. The van der Waals surface area contributed by atoms with Crippen molar-refractivity contribution in [3.05, 3.63) is 0 Å². The van der Waals surface area contributed by atoms with E-state index >= 15 is 0 Å². The van der Waals surface area contributed by atoms with Gasteiger partial charge in [0.25, 0.3) is 0 Å². The first-order valence-electron chi connectivity index (χ1n) is 1.56. The molecule has 0 rings (SSSR count). The third-order valence-electron chi connectivity index (χ3n) is 0.240. The van der Waals surface area contributed by atoms with Crippen LogP contribution in [0.15, 0.2) is 0 Å². The van der Waals surface area contributed by atoms with Crippen LogP contribution in [-0.4, -0.2) is 28.9 Å². The Bertz CT molecular complexity index is 56.9. The molecule has 3 nitrogen and oxygen atoms in total. The lowest BCUT2D eigenvalue weighted by Gasteiger charge is -1.68. The third kappa shape index (κ3) is 10.8. The number of rotatable bonds is 2. The van der Waals surface area contributed by atoms with E-state index in [9.17, 15) is 4.57 Å². The summed E-state index contributed by atoms with van der Waals surface area (Å²) in [7, 11) is -2.35. The van der Waals surface area contributed by atoms with Crippen LogP contribution < -0.4 is 0 Å². The Hall–Kier alpha value is 0.552. The molecule has 0 aliphatic carbocycles. The second-order valence-corrected chi connectivity index (χ2v) is 1.39. The second-order valence-electron chi connectivity index (χ2n) is 0.656. The Labute approximate surface area is 53.8 Å². The molecule has 0 saturated carbocycles. The summed E-state index contributed by atoms with van der Waals surface area (Å²) >= 11 is 0. The largest absolute Gasteiger partial charge is 0.694 e. The normalized spacial score (nSPS) is 9.71. The quantitative estimate of drug-likeness (QED) is 0.414. The van der Waals surface area contributed by atoms with Crippen molar-refractivity contribution in [2.75, 3.05) is 6.61 Å². The summed E-state index contributed by atoms with van der Waals surface area (Å²) < 4.78 is 13.6. The van der Waals surface area contributed by atoms with E-state index in [2.05, 4.69) is 4.52 Å². The molecule has 0 aliphatic heterocycles. The summed E-state index contributed by atoms with van der Waals surface area (Å²) in [5.74, 6) is 0. The molecule has 0 aromatic rings. The van der Waals surface area contributed by atoms with Crippen LogP contribution in [0.2, 0.25) is 0 Å². The number of hydrogen-bond donors (Lipinski definition) is 1. The molecule has 0 radical (unpaired) electrons. The molecule has 0 aromatic carbocycles. The lowest BCUT2D eigenvalue weighted by Crippen LogP contribution is -1.72. The van der Waals surface area contributed by atoms with E-state index < -0.39 is 8.25 Å². The van der Waals surface area contributed by atoms with Gasteiger partial charge in [-0.15, -0.1) is 9.42 Å². The molecule has 0 heterocycles. The average molecular weight is 139 g/mol. The fourth-order valence-corrected chi connectivity index (χ4v) is 0.331. The molecular weight excluding hydrogens is 130 g/mol. The molecule has 0 saturated heterocycles. The summed E-state index contributed by atoms with van der Waals surface area (Å²) in [4.78, 5) is 7.84. The van der Waals surface area contributed by atoms with Crippen LogP contribution in [0.4, 0.5) is 0 Å². The molecule has 42 valence electrons. The Kier molecular flexibility index (Phi) is 9.85. The molecule has 0 fully saturated rings. The Balaban J connectivity index is 0. The van der Waals surface area contributed by atoms with Gasteiger partial charge in [-0.3, -0.25) is 0 Å². The predicted octanol–water partition coefficient (Wildman–Crippen LogP) is -0.511. The van der Waals surface area contributed by atoms with Crippen LogP contribution in [-0.2, 0) is 9.09 Å². The third-order valence-corrected chi connectivity index (χ3v) is 0.719. The SMILES string of the molecule is CCO[P+](=O)O.[AlH3]. The lowest BCUT2D eigenvalue weighted by atomic mass is 10.9. The van der Waals surface area contributed by atoms with Crippen molar-refractivity contribution in [2.45, 2.75) is 6.92 Å². The van der Waals surface area contributed by atoms with Gasteiger partial charge in [0.05, 0.1) is 0 Å². The first-order valence-corrected chi connectivity index (χ1v) is 2.69. The molecular formula is C2H9AlO3P+. The van der Waals surface area contributed by atoms with Crippen molar-refractivity contribution in [3.63, 3.8) is 0 Å². The average Bonchev–Trinajstić information content (AvgIpc) is 1.35. The molecule has 5 heteroatoms. The van der Waals surface area contributed by atoms with Crippen molar-refractivity contribution < 1.29 is 14.0 Å². The van der Waals surface area contributed by atoms with Crippen molar-refractivity contribution in [1.82, 2.24) is 0 Å². The minimum atomic E-state index is -2.35. The van der Waals surface area contributed by atoms with Gasteiger partial charge in [0.2, 0.25) is 0 Å². The standard InChI is InChI=1S/C2H5O3P.Al.3H/c1-2-5-6(3)4;;;;/h2H2,1H3;;;;/p+1. The summed E-state index contributed by atoms with van der Waals surface area (Å²) in [5.41, 5.74) is 0. The molecule has 7 heavy (non-hydrogen) atoms. The van der Waals surface area contributed by atoms with Gasteiger partial charge in [-0.25, -0.2) is 0 Å². The second kappa shape index (κ2) is 6.55. The van der Waals surface area contributed by atoms with Gasteiger partial charge in [0.1, 0.15) is 6.61 Å². The van der Waals surface area contributed by atoms with Crippen molar-refractivity contribution >= 4 is 25.6 Å². The summed E-state index contributed by atoms with van der Waals surface area (Å²) in [5, 5.41) is 0. The fourth-order valence-electron chi connectivity index (χ4n) is 0.110. The maximum atomic E-state index is 9.53. The van der Waals surface area contributed by atoms with Crippen LogP contribution in [0.25, 0.3) is 0 Å². The zero-order valence-corrected chi connectivity index (χ0v) is 4.31. The predicted molar refractivity (Wildman–Crippen MR) is 31.4 cm³/mol. The van der Waals surface area contributed by atoms with Gasteiger partial charge in [0.15, 0.2) is 17.4 Å². The van der Waals surface area contributed by atoms with Gasteiger partial charge < -0.3 is 0 Å². The lowest BCUT2D eigenvalue weighted by molar-refractivity contribution is 0.297. The highest BCUT2D eigenvalue weighted by molar-refractivity contribution is 7.32. The highest BCUT2D eigenvalue weighted by Crippen LogP contribution is 2.12. The van der Waals surface area contributed by atoms with Gasteiger partial charge >= 0.3 is 8.25 Å². The minimum Gasteiger partial charge on any atom is -0.133 e. The van der Waals surface area contributed by atoms with Crippen LogP contribution >= 0.6 is 8.25 Å². The molecule has 0 aliphatic rings. The fraction of sp³-hybridized carbons (Fsp3) is 1.00. The molecule has 0 aromatic heterocycles. The first kappa shape index (κ1) is 10.5. The number of hydrogen-bond acceptors (Lipinski definition) is 2. The highest BCUT2D eigenvalue weighted by atomic mass is 31.1. The van der Waals surface area contributed by atoms with Crippen LogP contribution in [0.3, 0.4) is 0 Å². The maximum absolute atomic E-state index is 9.53. The smallest absolute Gasteiger partial charge is 0.133 e. The molecule has 1 atom stereocenters. The van der Waals surface area contributed by atoms with Crippen LogP contribution in [0.1, 0.15) is 6.92 Å². The Morgan fingerprint density at radius 2 is 2.29 bits per heavy atom. The summed E-state index contributed by atoms with van der Waals surface area (Å²) in [6.07, 6.45) is 0. The van der Waals surface area contributed by atoms with Gasteiger partial charge in [-0.1, -0.05) is 0 Å². The summed E-state index contributed by atoms with van der Waals surface area (Å²) in [6, 6.07) is 0. The molecule has 0 bridgehead atoms. The van der Waals surface area contributed by atoms with E-state index in [4.69, 9.17) is 4.89 Å². The maximum Gasteiger partial charge on any atom is 0.694 e. The van der Waals surface area contributed by atoms with Crippen molar-refractivity contribution in [3.8, 4) is 0 Å². The van der Waals surface area contributed by atoms with Crippen LogP contribution in [0, 0.1) is 0 Å². The van der Waals surface area contributed by atoms with Gasteiger partial charge in [-0.05, 0) is 6.92 Å². The van der Waals surface area contributed by atoms with Crippen molar-refractivity contribution in [1.29, 1.82) is 0 Å². The van der Waals surface area contributed by atoms with E-state index in [1.54, 1.807) is 6.92 Å². The minimum absolute atomic E-state index is 0. The van der Waals surface area contributed by atoms with Crippen molar-refractivity contribution in [2.24, 2.45) is 0 Å². The van der Waals surface area contributed by atoms with Crippen LogP contribution in [0.5, 0.6) is 0 Å². The topological polar surface area (TPSA) is 46.5 Å². The van der Waals surface area contributed by atoms with E-state index in [1.165, 1.54) is 0 Å². The Morgan fingerprint density at radius 1 is 1.86 bits per heavy atom. The summed E-state index contributed by atoms with van der Waals surface area (Å²) in [6.45, 7) is 1.95. The highest BCUT2D eigenvalue weighted by Gasteiger charge is 2.06. The molecule has 0 amide bonds. The van der Waals surface area contributed by atoms with E-state index in [1.807, 2.05) is 0 Å². The van der Waals surface area contributed by atoms with E-state index in [0.717, 1.165) is 0 Å². The van der Waals surface area contributed by atoms with Gasteiger partial charge in [-0.2, -0.15) is 0 Å². The zero-order valence-electron chi connectivity index (χ0n) is 3.42. The zero-order chi connectivity index (χ0) is 4.99. The Morgan fingerprint density at radius 3 is 2.29 bits per heavy atom. The molecule has 1 N–H and O–H groups in total. The van der Waals surface area contributed by atoms with E-state index in [-0.39, 0.29) is 17.4 Å². The first-order chi connectivity index (χ1) is 2.77.